The van der Waals surface area contributed by atoms with E-state index < -0.39 is 16.1 Å². The maximum Gasteiger partial charge on any atom is 0.429 e. The number of benzene rings is 2. The van der Waals surface area contributed by atoms with Crippen LogP contribution in [-0.2, 0) is 16.6 Å². The minimum absolute atomic E-state index is 0.0536. The van der Waals surface area contributed by atoms with E-state index in [4.69, 9.17) is 37.4 Å². The van der Waals surface area contributed by atoms with Gasteiger partial charge in [0.25, 0.3) is 10.0 Å². The highest BCUT2D eigenvalue weighted by Gasteiger charge is 2.40. The maximum atomic E-state index is 12.8. The van der Waals surface area contributed by atoms with Crippen molar-refractivity contribution >= 4 is 39.3 Å². The summed E-state index contributed by atoms with van der Waals surface area (Å²) < 4.78 is 41.8. The lowest BCUT2D eigenvalue weighted by molar-refractivity contribution is 0.171. The second kappa shape index (κ2) is 5.69. The van der Waals surface area contributed by atoms with Crippen molar-refractivity contribution in [1.82, 2.24) is 4.31 Å². The number of rotatable bonds is 2. The van der Waals surface area contributed by atoms with Gasteiger partial charge in [-0.3, -0.25) is 0 Å². The first-order chi connectivity index (χ1) is 11.9. The number of ether oxygens (including phenoxy) is 3. The molecule has 1 amide bonds. The van der Waals surface area contributed by atoms with Gasteiger partial charge in [0.2, 0.25) is 6.79 Å². The molecule has 130 valence electrons. The fraction of sp³-hybridized carbons (Fsp3) is 0.133. The highest BCUT2D eigenvalue weighted by molar-refractivity contribution is 7.89. The molecule has 2 aliphatic heterocycles. The Morgan fingerprint density at radius 2 is 1.84 bits per heavy atom. The molecule has 0 aliphatic carbocycles. The molecule has 0 N–H and O–H groups in total. The highest BCUT2D eigenvalue weighted by Crippen LogP contribution is 2.41. The van der Waals surface area contributed by atoms with Gasteiger partial charge in [0.1, 0.15) is 4.90 Å². The molecule has 0 aromatic heterocycles. The molecule has 2 aromatic carbocycles. The summed E-state index contributed by atoms with van der Waals surface area (Å²) in [4.78, 5) is 12.0. The number of amides is 1. The number of carbonyl (C=O) groups is 1. The molecule has 0 fully saturated rings. The van der Waals surface area contributed by atoms with Crippen LogP contribution in [0.2, 0.25) is 10.0 Å². The number of sulfonamides is 1. The zero-order chi connectivity index (χ0) is 17.8. The van der Waals surface area contributed by atoms with Crippen LogP contribution < -0.4 is 14.2 Å². The summed E-state index contributed by atoms with van der Waals surface area (Å²) in [6, 6.07) is 7.37. The number of nitrogens with zero attached hydrogens (tertiary/aromatic N) is 1. The van der Waals surface area contributed by atoms with Crippen molar-refractivity contribution in [1.29, 1.82) is 0 Å². The van der Waals surface area contributed by atoms with Crippen molar-refractivity contribution in [3.63, 3.8) is 0 Å². The molecule has 0 bridgehead atoms. The summed E-state index contributed by atoms with van der Waals surface area (Å²) >= 11 is 11.8. The summed E-state index contributed by atoms with van der Waals surface area (Å²) in [6.45, 7) is -0.144. The van der Waals surface area contributed by atoms with E-state index in [2.05, 4.69) is 0 Å². The third-order valence-corrected chi connectivity index (χ3v) is 5.91. The molecule has 4 rings (SSSR count). The molecule has 0 unspecified atom stereocenters. The van der Waals surface area contributed by atoms with Crippen LogP contribution in [0, 0.1) is 0 Å². The van der Waals surface area contributed by atoms with E-state index in [-0.39, 0.29) is 34.0 Å². The van der Waals surface area contributed by atoms with Gasteiger partial charge >= 0.3 is 6.09 Å². The normalized spacial score (nSPS) is 17.2. The first-order valence-corrected chi connectivity index (χ1v) is 9.18. The van der Waals surface area contributed by atoms with Gasteiger partial charge in [0.05, 0.1) is 11.6 Å². The molecular formula is C15H9Cl2NO6S. The predicted octanol–water partition coefficient (Wildman–Crippen LogP) is 3.43. The number of halogens is 2. The van der Waals surface area contributed by atoms with E-state index in [0.717, 1.165) is 0 Å². The van der Waals surface area contributed by atoms with Crippen LogP contribution in [0.4, 0.5) is 4.79 Å². The average Bonchev–Trinajstić information content (AvgIpc) is 3.01. The third-order valence-electron chi connectivity index (χ3n) is 3.70. The van der Waals surface area contributed by atoms with Gasteiger partial charge in [0, 0.05) is 5.02 Å². The topological polar surface area (TPSA) is 82.1 Å². The first kappa shape index (κ1) is 16.3. The Labute approximate surface area is 152 Å². The zero-order valence-electron chi connectivity index (χ0n) is 12.4. The van der Waals surface area contributed by atoms with E-state index in [0.29, 0.717) is 21.4 Å². The van der Waals surface area contributed by atoms with E-state index in [1.807, 2.05) is 0 Å². The van der Waals surface area contributed by atoms with Crippen LogP contribution in [-0.4, -0.2) is 25.6 Å². The third kappa shape index (κ3) is 2.66. The van der Waals surface area contributed by atoms with E-state index >= 15 is 0 Å². The van der Waals surface area contributed by atoms with Crippen LogP contribution in [0.5, 0.6) is 17.2 Å². The van der Waals surface area contributed by atoms with Gasteiger partial charge in [-0.1, -0.05) is 29.3 Å². The maximum absolute atomic E-state index is 12.8. The second-order valence-electron chi connectivity index (χ2n) is 5.28. The highest BCUT2D eigenvalue weighted by atomic mass is 35.5. The smallest absolute Gasteiger partial charge is 0.429 e. The van der Waals surface area contributed by atoms with Gasteiger partial charge in [0.15, 0.2) is 17.2 Å². The predicted molar refractivity (Wildman–Crippen MR) is 87.8 cm³/mol. The van der Waals surface area contributed by atoms with Gasteiger partial charge in [-0.05, 0) is 29.8 Å². The molecule has 0 spiro atoms. The molecule has 0 saturated heterocycles. The van der Waals surface area contributed by atoms with Gasteiger partial charge in [-0.2, -0.15) is 4.31 Å². The quantitative estimate of drug-likeness (QED) is 0.766. The van der Waals surface area contributed by atoms with Crippen molar-refractivity contribution < 1.29 is 27.4 Å². The second-order valence-corrected chi connectivity index (χ2v) is 7.96. The monoisotopic (exact) mass is 401 g/mol. The lowest BCUT2D eigenvalue weighted by Gasteiger charge is -2.28. The molecule has 2 aliphatic rings. The fourth-order valence-corrected chi connectivity index (χ4v) is 4.64. The van der Waals surface area contributed by atoms with Gasteiger partial charge in [-0.15, -0.1) is 0 Å². The summed E-state index contributed by atoms with van der Waals surface area (Å²) in [7, 11) is -4.17. The Hall–Kier alpha value is -2.16. The van der Waals surface area contributed by atoms with Gasteiger partial charge in [-0.25, -0.2) is 13.2 Å². The number of hydrogen-bond donors (Lipinski definition) is 0. The van der Waals surface area contributed by atoms with Gasteiger partial charge < -0.3 is 14.2 Å². The van der Waals surface area contributed by atoms with Crippen LogP contribution in [0.3, 0.4) is 0 Å². The van der Waals surface area contributed by atoms with E-state index in [9.17, 15) is 13.2 Å². The van der Waals surface area contributed by atoms with Crippen LogP contribution in [0.15, 0.2) is 35.2 Å². The molecule has 25 heavy (non-hydrogen) atoms. The van der Waals surface area contributed by atoms with Crippen LogP contribution in [0.25, 0.3) is 0 Å². The zero-order valence-corrected chi connectivity index (χ0v) is 14.7. The number of carbonyl (C=O) groups excluding carboxylic acids is 1. The molecule has 0 atom stereocenters. The van der Waals surface area contributed by atoms with E-state index in [1.165, 1.54) is 12.1 Å². The fourth-order valence-electron chi connectivity index (χ4n) is 2.54. The number of hydrogen-bond acceptors (Lipinski definition) is 6. The van der Waals surface area contributed by atoms with Crippen molar-refractivity contribution in [3.8, 4) is 17.2 Å². The number of fused-ring (bicyclic) bond motifs is 2. The lowest BCUT2D eigenvalue weighted by Crippen LogP contribution is -2.42. The summed E-state index contributed by atoms with van der Waals surface area (Å²) in [5.74, 6) is 0.807. The van der Waals surface area contributed by atoms with Crippen molar-refractivity contribution in [3.05, 3.63) is 45.9 Å². The Bertz CT molecular complexity index is 1010. The summed E-state index contributed by atoms with van der Waals surface area (Å²) in [5, 5.41) is 0.0652. The Balaban J connectivity index is 1.74. The van der Waals surface area contributed by atoms with Crippen LogP contribution >= 0.6 is 23.2 Å². The largest absolute Gasteiger partial charge is 0.454 e. The van der Waals surface area contributed by atoms with Crippen molar-refractivity contribution in [2.75, 3.05) is 6.79 Å². The van der Waals surface area contributed by atoms with Crippen molar-refractivity contribution in [2.45, 2.75) is 11.4 Å². The summed E-state index contributed by atoms with van der Waals surface area (Å²) in [5.41, 5.74) is 0.529. The molecule has 2 heterocycles. The Morgan fingerprint density at radius 1 is 1.08 bits per heavy atom. The lowest BCUT2D eigenvalue weighted by atomic mass is 10.2. The van der Waals surface area contributed by atoms with Crippen LogP contribution in [0.1, 0.15) is 5.56 Å². The van der Waals surface area contributed by atoms with Crippen molar-refractivity contribution in [2.24, 2.45) is 0 Å². The minimum atomic E-state index is -4.17. The Morgan fingerprint density at radius 3 is 2.64 bits per heavy atom. The first-order valence-electron chi connectivity index (χ1n) is 6.98. The molecule has 10 heteroatoms. The molecule has 0 radical (unpaired) electrons. The summed E-state index contributed by atoms with van der Waals surface area (Å²) in [6.07, 6.45) is -1.05. The molecule has 7 nitrogen and oxygen atoms in total. The minimum Gasteiger partial charge on any atom is -0.454 e. The molecule has 2 aromatic rings. The molecular weight excluding hydrogens is 393 g/mol. The van der Waals surface area contributed by atoms with E-state index in [1.54, 1.807) is 18.2 Å². The SMILES string of the molecule is O=C1Oc2c(Cl)cc(Cl)cc2S(=O)(=O)N1Cc1ccc2c(c1)OCO2. The Kier molecular flexibility index (Phi) is 3.71. The standard InChI is InChI=1S/C15H9Cl2NO6S/c16-9-4-10(17)14-13(5-9)25(20,21)18(15(19)24-14)6-8-1-2-11-12(3-8)23-7-22-11/h1-5H,6-7H2. The molecule has 0 saturated carbocycles. The average molecular weight is 402 g/mol.